The van der Waals surface area contributed by atoms with Gasteiger partial charge in [-0.2, -0.15) is 0 Å². The van der Waals surface area contributed by atoms with Gasteiger partial charge in [-0.3, -0.25) is 9.69 Å². The Morgan fingerprint density at radius 3 is 2.58 bits per heavy atom. The van der Waals surface area contributed by atoms with Gasteiger partial charge in [0, 0.05) is 17.6 Å². The molecule has 0 bridgehead atoms. The second-order valence-electron chi connectivity index (χ2n) is 5.22. The molecular formula is C17H12Cl3NO3S2. The minimum atomic E-state index is -0.114. The number of benzene rings is 1. The molecule has 1 saturated heterocycles. The average molecular weight is 449 g/mol. The number of rotatable bonds is 5. The summed E-state index contributed by atoms with van der Waals surface area (Å²) in [6.45, 7) is 2.55. The Balaban J connectivity index is 1.71. The van der Waals surface area contributed by atoms with Crippen LogP contribution in [0.1, 0.15) is 18.4 Å². The maximum atomic E-state index is 12.2. The van der Waals surface area contributed by atoms with E-state index in [2.05, 4.69) is 0 Å². The number of halogens is 3. The highest BCUT2D eigenvalue weighted by atomic mass is 35.5. The first-order valence-electron chi connectivity index (χ1n) is 7.50. The standard InChI is InChI=1S/C17H12Cl3NO3S2/c1-2-21-16(22)14(26-17(21)25)7-10-3-4-11(24-10)8-23-15-12(19)5-9(18)6-13(15)20/h3-7H,2,8H2,1H3. The fourth-order valence-corrected chi connectivity index (χ4v) is 4.55. The van der Waals surface area contributed by atoms with E-state index in [0.717, 1.165) is 0 Å². The molecule has 26 heavy (non-hydrogen) atoms. The van der Waals surface area contributed by atoms with Gasteiger partial charge in [0.2, 0.25) is 0 Å². The quantitative estimate of drug-likeness (QED) is 0.412. The van der Waals surface area contributed by atoms with Gasteiger partial charge in [-0.1, -0.05) is 58.8 Å². The van der Waals surface area contributed by atoms with Gasteiger partial charge >= 0.3 is 0 Å². The summed E-state index contributed by atoms with van der Waals surface area (Å²) in [5.74, 6) is 1.31. The largest absolute Gasteiger partial charge is 0.483 e. The maximum absolute atomic E-state index is 12.2. The first-order valence-corrected chi connectivity index (χ1v) is 9.86. The number of thioether (sulfide) groups is 1. The van der Waals surface area contributed by atoms with Gasteiger partial charge in [-0.05, 0) is 31.2 Å². The number of carbonyl (C=O) groups excluding carboxylic acids is 1. The number of ether oxygens (including phenoxy) is 1. The molecule has 1 aromatic carbocycles. The average Bonchev–Trinajstić information content (AvgIpc) is 3.11. The monoisotopic (exact) mass is 447 g/mol. The topological polar surface area (TPSA) is 42.7 Å². The molecule has 1 amide bonds. The molecule has 0 saturated carbocycles. The van der Waals surface area contributed by atoms with Crippen LogP contribution in [-0.2, 0) is 11.4 Å². The van der Waals surface area contributed by atoms with Crippen LogP contribution in [0.2, 0.25) is 15.1 Å². The van der Waals surface area contributed by atoms with E-state index in [9.17, 15) is 4.79 Å². The summed E-state index contributed by atoms with van der Waals surface area (Å²) >= 11 is 24.5. The van der Waals surface area contributed by atoms with Gasteiger partial charge in [-0.15, -0.1) is 0 Å². The van der Waals surface area contributed by atoms with E-state index >= 15 is 0 Å². The predicted octanol–water partition coefficient (Wildman–Crippen LogP) is 6.04. The van der Waals surface area contributed by atoms with Crippen molar-refractivity contribution in [2.75, 3.05) is 6.54 Å². The maximum Gasteiger partial charge on any atom is 0.266 e. The van der Waals surface area contributed by atoms with E-state index in [0.29, 0.717) is 48.1 Å². The molecule has 136 valence electrons. The Morgan fingerprint density at radius 2 is 1.96 bits per heavy atom. The van der Waals surface area contributed by atoms with Gasteiger partial charge in [0.25, 0.3) is 5.91 Å². The van der Waals surface area contributed by atoms with Crippen molar-refractivity contribution in [3.63, 3.8) is 0 Å². The molecule has 0 radical (unpaired) electrons. The van der Waals surface area contributed by atoms with Crippen molar-refractivity contribution in [1.82, 2.24) is 4.90 Å². The van der Waals surface area contributed by atoms with Crippen molar-refractivity contribution in [1.29, 1.82) is 0 Å². The molecular weight excluding hydrogens is 437 g/mol. The summed E-state index contributed by atoms with van der Waals surface area (Å²) < 4.78 is 11.9. The van der Waals surface area contributed by atoms with Crippen LogP contribution in [0, 0.1) is 0 Å². The van der Waals surface area contributed by atoms with Crippen LogP contribution in [0.4, 0.5) is 0 Å². The second kappa shape index (κ2) is 8.23. The molecule has 3 rings (SSSR count). The SMILES string of the molecule is CCN1C(=O)C(=Cc2ccc(COc3c(Cl)cc(Cl)cc3Cl)o2)SC1=S. The molecule has 1 aromatic heterocycles. The summed E-state index contributed by atoms with van der Waals surface area (Å²) in [5.41, 5.74) is 0. The molecule has 0 aliphatic carbocycles. The number of carbonyl (C=O) groups is 1. The lowest BCUT2D eigenvalue weighted by Gasteiger charge is -2.09. The number of hydrogen-bond acceptors (Lipinski definition) is 5. The molecule has 1 aliphatic rings. The number of amides is 1. The fourth-order valence-electron chi connectivity index (χ4n) is 2.26. The zero-order valence-corrected chi connectivity index (χ0v) is 17.3. The van der Waals surface area contributed by atoms with E-state index in [1.165, 1.54) is 11.8 Å². The van der Waals surface area contributed by atoms with E-state index < -0.39 is 0 Å². The third-order valence-corrected chi connectivity index (χ3v) is 5.62. The van der Waals surface area contributed by atoms with Crippen LogP contribution in [0.15, 0.2) is 33.6 Å². The van der Waals surface area contributed by atoms with Gasteiger partial charge in [0.15, 0.2) is 5.75 Å². The Hall–Kier alpha value is -1.18. The molecule has 1 aliphatic heterocycles. The van der Waals surface area contributed by atoms with Crippen molar-refractivity contribution in [2.24, 2.45) is 0 Å². The number of thiocarbonyl (C=S) groups is 1. The van der Waals surface area contributed by atoms with Gasteiger partial charge < -0.3 is 9.15 Å². The third kappa shape index (κ3) is 4.21. The summed E-state index contributed by atoms with van der Waals surface area (Å²) in [7, 11) is 0. The summed E-state index contributed by atoms with van der Waals surface area (Å²) in [6.07, 6.45) is 1.67. The number of likely N-dealkylation sites (N-methyl/N-ethyl adjacent to an activating group) is 1. The van der Waals surface area contributed by atoms with Gasteiger partial charge in [0.1, 0.15) is 22.4 Å². The highest BCUT2D eigenvalue weighted by Gasteiger charge is 2.30. The minimum Gasteiger partial charge on any atom is -0.483 e. The molecule has 2 aromatic rings. The first kappa shape index (κ1) is 19.6. The molecule has 0 spiro atoms. The van der Waals surface area contributed by atoms with Crippen LogP contribution >= 0.6 is 58.8 Å². The Kier molecular flexibility index (Phi) is 6.20. The number of furan rings is 1. The lowest BCUT2D eigenvalue weighted by molar-refractivity contribution is -0.121. The number of nitrogens with zero attached hydrogens (tertiary/aromatic N) is 1. The van der Waals surface area contributed by atoms with Crippen molar-refractivity contribution in [2.45, 2.75) is 13.5 Å². The zero-order chi connectivity index (χ0) is 18.8. The molecule has 4 nitrogen and oxygen atoms in total. The highest BCUT2D eigenvalue weighted by Crippen LogP contribution is 2.36. The summed E-state index contributed by atoms with van der Waals surface area (Å²) in [6, 6.07) is 6.60. The van der Waals surface area contributed by atoms with Crippen LogP contribution in [0.3, 0.4) is 0 Å². The zero-order valence-electron chi connectivity index (χ0n) is 13.4. The predicted molar refractivity (Wildman–Crippen MR) is 110 cm³/mol. The molecule has 9 heteroatoms. The van der Waals surface area contributed by atoms with Crippen molar-refractivity contribution in [3.05, 3.63) is 55.8 Å². The third-order valence-electron chi connectivity index (χ3n) is 3.47. The van der Waals surface area contributed by atoms with E-state index in [1.54, 1.807) is 35.2 Å². The highest BCUT2D eigenvalue weighted by molar-refractivity contribution is 8.26. The van der Waals surface area contributed by atoms with Crippen LogP contribution in [-0.4, -0.2) is 21.7 Å². The second-order valence-corrected chi connectivity index (χ2v) is 8.14. The fraction of sp³-hybridized carbons (Fsp3) is 0.176. The molecule has 0 atom stereocenters. The molecule has 0 unspecified atom stereocenters. The normalized spacial score (nSPS) is 16.0. The van der Waals surface area contributed by atoms with E-state index in [-0.39, 0.29) is 12.5 Å². The van der Waals surface area contributed by atoms with Crippen molar-refractivity contribution >= 4 is 75.1 Å². The Morgan fingerprint density at radius 1 is 1.27 bits per heavy atom. The van der Waals surface area contributed by atoms with Crippen LogP contribution < -0.4 is 4.74 Å². The molecule has 0 N–H and O–H groups in total. The molecule has 2 heterocycles. The number of hydrogen-bond donors (Lipinski definition) is 0. The van der Waals surface area contributed by atoms with Crippen molar-refractivity contribution < 1.29 is 13.9 Å². The summed E-state index contributed by atoms with van der Waals surface area (Å²) in [4.78, 5) is 14.3. The lowest BCUT2D eigenvalue weighted by atomic mass is 10.3. The van der Waals surface area contributed by atoms with E-state index in [1.807, 2.05) is 6.92 Å². The first-order chi connectivity index (χ1) is 12.4. The van der Waals surface area contributed by atoms with Crippen LogP contribution in [0.5, 0.6) is 5.75 Å². The summed E-state index contributed by atoms with van der Waals surface area (Å²) in [5, 5.41) is 1.06. The Bertz CT molecular complexity index is 887. The van der Waals surface area contributed by atoms with Crippen LogP contribution in [0.25, 0.3) is 6.08 Å². The Labute approximate surface area is 175 Å². The minimum absolute atomic E-state index is 0.114. The lowest BCUT2D eigenvalue weighted by Crippen LogP contribution is -2.27. The van der Waals surface area contributed by atoms with Gasteiger partial charge in [0.05, 0.1) is 15.0 Å². The van der Waals surface area contributed by atoms with Gasteiger partial charge in [-0.25, -0.2) is 0 Å². The van der Waals surface area contributed by atoms with E-state index in [4.69, 9.17) is 56.2 Å². The van der Waals surface area contributed by atoms with Crippen molar-refractivity contribution in [3.8, 4) is 5.75 Å². The smallest absolute Gasteiger partial charge is 0.266 e. The molecule has 1 fully saturated rings.